The van der Waals surface area contributed by atoms with Crippen LogP contribution in [0.15, 0.2) is 24.3 Å². The summed E-state index contributed by atoms with van der Waals surface area (Å²) in [6.07, 6.45) is -0.163. The fourth-order valence-electron chi connectivity index (χ4n) is 2.86. The maximum atomic E-state index is 13.8. The van der Waals surface area contributed by atoms with E-state index in [1.165, 1.54) is 17.0 Å². The molecule has 2 N–H and O–H groups in total. The molecule has 0 aliphatic rings. The van der Waals surface area contributed by atoms with Crippen molar-refractivity contribution >= 4 is 28.2 Å². The summed E-state index contributed by atoms with van der Waals surface area (Å²) < 4.78 is 15.7. The summed E-state index contributed by atoms with van der Waals surface area (Å²) in [6, 6.07) is 6.61. The highest BCUT2D eigenvalue weighted by atomic mass is 32.1. The number of phenols is 1. The molecule has 0 bridgehead atoms. The Balaban J connectivity index is 2.21. The highest BCUT2D eigenvalue weighted by Crippen LogP contribution is 2.32. The number of aliphatic carboxylic acids is 1. The highest BCUT2D eigenvalue weighted by Gasteiger charge is 2.19. The van der Waals surface area contributed by atoms with Crippen LogP contribution in [0, 0.1) is 19.7 Å². The van der Waals surface area contributed by atoms with Crippen LogP contribution in [0.2, 0.25) is 0 Å². The van der Waals surface area contributed by atoms with Gasteiger partial charge in [-0.05, 0) is 37.6 Å². The van der Waals surface area contributed by atoms with Crippen LogP contribution in [0.4, 0.5) is 4.39 Å². The summed E-state index contributed by atoms with van der Waals surface area (Å²) in [5.41, 5.74) is 1.98. The van der Waals surface area contributed by atoms with Crippen molar-refractivity contribution in [3.63, 3.8) is 0 Å². The van der Waals surface area contributed by atoms with Crippen LogP contribution in [0.1, 0.15) is 21.0 Å². The average Bonchev–Trinajstić information content (AvgIpc) is 2.98. The molecule has 2 heterocycles. The number of aryl methyl sites for hydroxylation is 1. The minimum absolute atomic E-state index is 0.163. The van der Waals surface area contributed by atoms with Crippen molar-refractivity contribution in [1.82, 2.24) is 4.57 Å². The Morgan fingerprint density at radius 2 is 2.04 bits per heavy atom. The monoisotopic (exact) mass is 333 g/mol. The summed E-state index contributed by atoms with van der Waals surface area (Å²) in [4.78, 5) is 13.4. The zero-order valence-electron chi connectivity index (χ0n) is 12.8. The smallest absolute Gasteiger partial charge is 0.307 e. The number of halogens is 1. The molecule has 0 spiro atoms. The second-order valence-corrected chi connectivity index (χ2v) is 6.93. The van der Waals surface area contributed by atoms with E-state index in [1.807, 2.05) is 30.5 Å². The quantitative estimate of drug-likeness (QED) is 0.762. The largest absolute Gasteiger partial charge is 0.505 e. The average molecular weight is 333 g/mol. The molecule has 2 aromatic heterocycles. The number of hydrogen-bond acceptors (Lipinski definition) is 3. The fraction of sp³-hybridized carbons (Fsp3) is 0.235. The molecule has 0 unspecified atom stereocenters. The molecule has 0 fully saturated rings. The molecule has 3 aromatic rings. The number of hydrogen-bond donors (Lipinski definition) is 2. The molecular formula is C17H16FNO3S. The van der Waals surface area contributed by atoms with E-state index in [-0.39, 0.29) is 6.42 Å². The molecule has 0 aliphatic carbocycles. The lowest BCUT2D eigenvalue weighted by Crippen LogP contribution is -2.04. The Kier molecular flexibility index (Phi) is 3.85. The van der Waals surface area contributed by atoms with Gasteiger partial charge in [0.05, 0.1) is 18.5 Å². The van der Waals surface area contributed by atoms with Gasteiger partial charge in [-0.1, -0.05) is 0 Å². The normalized spacial score (nSPS) is 11.3. The Morgan fingerprint density at radius 1 is 1.30 bits per heavy atom. The number of aromatic nitrogens is 1. The van der Waals surface area contributed by atoms with Crippen LogP contribution in [-0.4, -0.2) is 20.7 Å². The third-order valence-electron chi connectivity index (χ3n) is 3.96. The summed E-state index contributed by atoms with van der Waals surface area (Å²) in [7, 11) is 0. The third-order valence-corrected chi connectivity index (χ3v) is 4.95. The van der Waals surface area contributed by atoms with Crippen LogP contribution in [0.25, 0.3) is 10.9 Å². The van der Waals surface area contributed by atoms with Crippen molar-refractivity contribution in [2.75, 3.05) is 0 Å². The standard InChI is InChI=1S/C17H16FNO3S/c1-9-3-4-11(23-9)8-19-10(2)12(6-17(21)22)13-5-16(20)14(18)7-15(13)19/h3-5,7,20H,6,8H2,1-2H3,(H,21,22). The van der Waals surface area contributed by atoms with Crippen molar-refractivity contribution in [2.45, 2.75) is 26.8 Å². The number of carbonyl (C=O) groups is 1. The number of carboxylic acid groups (broad SMARTS) is 1. The third kappa shape index (κ3) is 2.82. The van der Waals surface area contributed by atoms with E-state index in [0.29, 0.717) is 23.0 Å². The van der Waals surface area contributed by atoms with Gasteiger partial charge in [0, 0.05) is 26.9 Å². The van der Waals surface area contributed by atoms with Crippen molar-refractivity contribution < 1.29 is 19.4 Å². The van der Waals surface area contributed by atoms with Crippen molar-refractivity contribution in [1.29, 1.82) is 0 Å². The van der Waals surface area contributed by atoms with E-state index in [0.717, 1.165) is 10.6 Å². The SMILES string of the molecule is Cc1ccc(Cn2c(C)c(CC(=O)O)c3cc(O)c(F)cc32)s1. The minimum Gasteiger partial charge on any atom is -0.505 e. The summed E-state index contributed by atoms with van der Waals surface area (Å²) in [6.45, 7) is 4.39. The van der Waals surface area contributed by atoms with Gasteiger partial charge in [-0.25, -0.2) is 4.39 Å². The zero-order chi connectivity index (χ0) is 16.7. The molecule has 1 aromatic carbocycles. The number of benzene rings is 1. The van der Waals surface area contributed by atoms with Gasteiger partial charge in [-0.3, -0.25) is 4.79 Å². The fourth-order valence-corrected chi connectivity index (χ4v) is 3.74. The zero-order valence-corrected chi connectivity index (χ0v) is 13.6. The number of phenolic OH excluding ortho intramolecular Hbond substituents is 1. The van der Waals surface area contributed by atoms with E-state index in [9.17, 15) is 14.3 Å². The van der Waals surface area contributed by atoms with Gasteiger partial charge >= 0.3 is 5.97 Å². The number of thiophene rings is 1. The molecule has 0 radical (unpaired) electrons. The van der Waals surface area contributed by atoms with E-state index in [1.54, 1.807) is 11.3 Å². The van der Waals surface area contributed by atoms with Gasteiger partial charge in [-0.2, -0.15) is 0 Å². The summed E-state index contributed by atoms with van der Waals surface area (Å²) in [5, 5.41) is 19.4. The van der Waals surface area contributed by atoms with Crippen LogP contribution in [0.3, 0.4) is 0 Å². The van der Waals surface area contributed by atoms with Crippen LogP contribution in [-0.2, 0) is 17.8 Å². The summed E-state index contributed by atoms with van der Waals surface area (Å²) >= 11 is 1.65. The summed E-state index contributed by atoms with van der Waals surface area (Å²) in [5.74, 6) is -2.13. The molecule has 3 rings (SSSR count). The van der Waals surface area contributed by atoms with Crippen molar-refractivity contribution in [3.05, 3.63) is 51.1 Å². The molecule has 4 nitrogen and oxygen atoms in total. The van der Waals surface area contributed by atoms with Crippen LogP contribution >= 0.6 is 11.3 Å². The predicted octanol–water partition coefficient (Wildman–Crippen LogP) is 3.84. The molecule has 0 aliphatic heterocycles. The number of carboxylic acids is 1. The first kappa shape index (κ1) is 15.6. The second-order valence-electron chi connectivity index (χ2n) is 5.55. The molecular weight excluding hydrogens is 317 g/mol. The number of nitrogens with zero attached hydrogens (tertiary/aromatic N) is 1. The maximum absolute atomic E-state index is 13.8. The maximum Gasteiger partial charge on any atom is 0.307 e. The van der Waals surface area contributed by atoms with E-state index in [2.05, 4.69) is 0 Å². The lowest BCUT2D eigenvalue weighted by molar-refractivity contribution is -0.136. The highest BCUT2D eigenvalue weighted by molar-refractivity contribution is 7.11. The first-order valence-electron chi connectivity index (χ1n) is 7.14. The molecule has 0 saturated carbocycles. The number of rotatable bonds is 4. The Morgan fingerprint density at radius 3 is 2.65 bits per heavy atom. The minimum atomic E-state index is -0.956. The van der Waals surface area contributed by atoms with Crippen molar-refractivity contribution in [3.8, 4) is 5.75 Å². The molecule has 0 saturated heterocycles. The van der Waals surface area contributed by atoms with E-state index >= 15 is 0 Å². The Bertz CT molecular complexity index is 910. The molecule has 120 valence electrons. The van der Waals surface area contributed by atoms with Gasteiger partial charge in [0.2, 0.25) is 0 Å². The van der Waals surface area contributed by atoms with Gasteiger partial charge in [0.25, 0.3) is 0 Å². The van der Waals surface area contributed by atoms with Gasteiger partial charge < -0.3 is 14.8 Å². The van der Waals surface area contributed by atoms with Gasteiger partial charge in [0.1, 0.15) is 0 Å². The lowest BCUT2D eigenvalue weighted by atomic mass is 10.1. The second kappa shape index (κ2) is 5.70. The Labute approximate surface area is 136 Å². The Hall–Kier alpha value is -2.34. The molecule has 6 heteroatoms. The predicted molar refractivity (Wildman–Crippen MR) is 87.8 cm³/mol. The van der Waals surface area contributed by atoms with Gasteiger partial charge in [-0.15, -0.1) is 11.3 Å². The first-order valence-corrected chi connectivity index (χ1v) is 7.95. The first-order chi connectivity index (χ1) is 10.9. The van der Waals surface area contributed by atoms with Crippen molar-refractivity contribution in [2.24, 2.45) is 0 Å². The van der Waals surface area contributed by atoms with E-state index in [4.69, 9.17) is 5.11 Å². The van der Waals surface area contributed by atoms with Crippen LogP contribution < -0.4 is 0 Å². The number of fused-ring (bicyclic) bond motifs is 1. The van der Waals surface area contributed by atoms with E-state index < -0.39 is 17.5 Å². The topological polar surface area (TPSA) is 62.5 Å². The lowest BCUT2D eigenvalue weighted by Gasteiger charge is -2.07. The molecule has 0 atom stereocenters. The molecule has 23 heavy (non-hydrogen) atoms. The molecule has 0 amide bonds. The van der Waals surface area contributed by atoms with Crippen LogP contribution in [0.5, 0.6) is 5.75 Å². The number of aromatic hydroxyl groups is 1. The van der Waals surface area contributed by atoms with Gasteiger partial charge in [0.15, 0.2) is 11.6 Å².